The number of urea groups is 1. The van der Waals surface area contributed by atoms with Gasteiger partial charge in [-0.25, -0.2) is 4.79 Å². The normalized spacial score (nSPS) is 23.4. The van der Waals surface area contributed by atoms with Crippen molar-refractivity contribution in [3.05, 3.63) is 70.3 Å². The van der Waals surface area contributed by atoms with E-state index in [-0.39, 0.29) is 36.0 Å². The van der Waals surface area contributed by atoms with Gasteiger partial charge in [0.05, 0.1) is 29.1 Å². The standard InChI is InChI=1S/C30H34F6N4O2/c1-19-7-3-4-8-24(19)26-25-15-21(18-38-9-5-6-10-38)27(41)39(25)11-12-40(26)28(42)37(2)17-20-13-22(29(31,32)33)16-23(14-20)30(34,35)36/h3-4,7-8,13-14,16,21,25-26H,5-6,9-12,15,17-18H2,1-2H3. The number of benzene rings is 2. The van der Waals surface area contributed by atoms with E-state index in [1.807, 2.05) is 36.1 Å². The number of amides is 3. The van der Waals surface area contributed by atoms with Crippen LogP contribution < -0.4 is 0 Å². The number of hydrogen-bond donors (Lipinski definition) is 0. The van der Waals surface area contributed by atoms with Crippen molar-refractivity contribution in [3.63, 3.8) is 0 Å². The van der Waals surface area contributed by atoms with Crippen LogP contribution in [0.2, 0.25) is 0 Å². The van der Waals surface area contributed by atoms with E-state index in [4.69, 9.17) is 0 Å². The lowest BCUT2D eigenvalue weighted by Gasteiger charge is -2.46. The number of alkyl halides is 6. The first-order valence-electron chi connectivity index (χ1n) is 14.1. The summed E-state index contributed by atoms with van der Waals surface area (Å²) in [6.45, 7) is 4.54. The van der Waals surface area contributed by atoms with Gasteiger partial charge in [0.1, 0.15) is 0 Å². The molecule has 0 bridgehead atoms. The molecule has 0 saturated carbocycles. The van der Waals surface area contributed by atoms with E-state index in [0.29, 0.717) is 31.6 Å². The fraction of sp³-hybridized carbons (Fsp3) is 0.533. The first-order chi connectivity index (χ1) is 19.7. The molecule has 5 rings (SSSR count). The average Bonchev–Trinajstić information content (AvgIpc) is 3.55. The molecule has 0 spiro atoms. The Kier molecular flexibility index (Phi) is 8.21. The summed E-state index contributed by atoms with van der Waals surface area (Å²) in [5.41, 5.74) is -1.34. The zero-order valence-corrected chi connectivity index (χ0v) is 23.5. The lowest BCUT2D eigenvalue weighted by Crippen LogP contribution is -2.57. The molecular formula is C30H34F6N4O2. The Bertz CT molecular complexity index is 1290. The minimum absolute atomic E-state index is 0.0644. The van der Waals surface area contributed by atoms with Gasteiger partial charge in [0.15, 0.2) is 0 Å². The number of carbonyl (C=O) groups is 2. The van der Waals surface area contributed by atoms with Crippen molar-refractivity contribution in [1.29, 1.82) is 0 Å². The summed E-state index contributed by atoms with van der Waals surface area (Å²) in [5, 5.41) is 0. The van der Waals surface area contributed by atoms with Crippen LogP contribution in [0.1, 0.15) is 53.1 Å². The quantitative estimate of drug-likeness (QED) is 0.401. The second kappa shape index (κ2) is 11.4. The summed E-state index contributed by atoms with van der Waals surface area (Å²) in [6.07, 6.45) is -7.20. The Balaban J connectivity index is 1.43. The fourth-order valence-electron chi connectivity index (χ4n) is 6.66. The highest BCUT2D eigenvalue weighted by molar-refractivity contribution is 5.83. The monoisotopic (exact) mass is 596 g/mol. The van der Waals surface area contributed by atoms with Crippen LogP contribution in [0.25, 0.3) is 0 Å². The third-order valence-corrected chi connectivity index (χ3v) is 8.66. The molecule has 0 radical (unpaired) electrons. The number of piperazine rings is 1. The van der Waals surface area contributed by atoms with Gasteiger partial charge in [-0.1, -0.05) is 24.3 Å². The highest BCUT2D eigenvalue weighted by Crippen LogP contribution is 2.42. The molecule has 3 aliphatic rings. The van der Waals surface area contributed by atoms with Crippen molar-refractivity contribution >= 4 is 11.9 Å². The molecule has 228 valence electrons. The summed E-state index contributed by atoms with van der Waals surface area (Å²) >= 11 is 0. The number of fused-ring (bicyclic) bond motifs is 1. The molecule has 6 nitrogen and oxygen atoms in total. The number of likely N-dealkylation sites (tertiary alicyclic amines) is 1. The largest absolute Gasteiger partial charge is 0.416 e. The Labute approximate surface area is 240 Å². The van der Waals surface area contributed by atoms with Gasteiger partial charge in [0.2, 0.25) is 5.91 Å². The minimum Gasteiger partial charge on any atom is -0.335 e. The van der Waals surface area contributed by atoms with E-state index in [0.717, 1.165) is 42.0 Å². The second-order valence-electron chi connectivity index (χ2n) is 11.6. The molecule has 0 N–H and O–H groups in total. The number of rotatable bonds is 5. The van der Waals surface area contributed by atoms with Gasteiger partial charge >= 0.3 is 18.4 Å². The predicted molar refractivity (Wildman–Crippen MR) is 143 cm³/mol. The van der Waals surface area contributed by atoms with Gasteiger partial charge in [0, 0.05) is 33.2 Å². The topological polar surface area (TPSA) is 47.1 Å². The van der Waals surface area contributed by atoms with Crippen molar-refractivity contribution in [2.24, 2.45) is 5.92 Å². The Hall–Kier alpha value is -3.28. The van der Waals surface area contributed by atoms with Crippen LogP contribution in [0, 0.1) is 12.8 Å². The molecule has 42 heavy (non-hydrogen) atoms. The molecule has 3 heterocycles. The Morgan fingerprint density at radius 1 is 0.929 bits per heavy atom. The van der Waals surface area contributed by atoms with E-state index in [1.54, 1.807) is 4.90 Å². The molecule has 3 fully saturated rings. The summed E-state index contributed by atoms with van der Waals surface area (Å²) < 4.78 is 80.5. The third kappa shape index (κ3) is 6.09. The maximum atomic E-state index is 13.9. The molecule has 3 aliphatic heterocycles. The maximum Gasteiger partial charge on any atom is 0.416 e. The van der Waals surface area contributed by atoms with Gasteiger partial charge in [0.25, 0.3) is 0 Å². The third-order valence-electron chi connectivity index (χ3n) is 8.66. The molecule has 3 saturated heterocycles. The number of carbonyl (C=O) groups excluding carboxylic acids is 2. The summed E-state index contributed by atoms with van der Waals surface area (Å²) in [4.78, 5) is 34.3. The smallest absolute Gasteiger partial charge is 0.335 e. The zero-order valence-electron chi connectivity index (χ0n) is 23.5. The fourth-order valence-corrected chi connectivity index (χ4v) is 6.66. The molecule has 3 atom stereocenters. The van der Waals surface area contributed by atoms with E-state index < -0.39 is 42.1 Å². The highest BCUT2D eigenvalue weighted by Gasteiger charge is 2.50. The predicted octanol–water partition coefficient (Wildman–Crippen LogP) is 5.95. The van der Waals surface area contributed by atoms with E-state index >= 15 is 0 Å². The van der Waals surface area contributed by atoms with Crippen molar-refractivity contribution in [3.8, 4) is 0 Å². The average molecular weight is 597 g/mol. The summed E-state index contributed by atoms with van der Waals surface area (Å²) in [6, 6.07) is 7.61. The molecule has 12 heteroatoms. The molecule has 3 unspecified atom stereocenters. The van der Waals surface area contributed by atoms with Crippen molar-refractivity contribution in [2.75, 3.05) is 39.8 Å². The van der Waals surface area contributed by atoms with Crippen LogP contribution in [0.5, 0.6) is 0 Å². The summed E-state index contributed by atoms with van der Waals surface area (Å²) in [7, 11) is 1.37. The molecular weight excluding hydrogens is 562 g/mol. The first-order valence-corrected chi connectivity index (χ1v) is 14.1. The van der Waals surface area contributed by atoms with Gasteiger partial charge in [-0.2, -0.15) is 26.3 Å². The van der Waals surface area contributed by atoms with Crippen LogP contribution in [-0.2, 0) is 23.7 Å². The molecule has 3 amide bonds. The Morgan fingerprint density at radius 3 is 2.14 bits per heavy atom. The molecule has 0 aromatic heterocycles. The van der Waals surface area contributed by atoms with E-state index in [9.17, 15) is 35.9 Å². The lowest BCUT2D eigenvalue weighted by atomic mass is 9.89. The second-order valence-corrected chi connectivity index (χ2v) is 11.6. The number of halogens is 6. The van der Waals surface area contributed by atoms with E-state index in [1.165, 1.54) is 7.05 Å². The number of hydrogen-bond acceptors (Lipinski definition) is 3. The van der Waals surface area contributed by atoms with Crippen molar-refractivity contribution in [1.82, 2.24) is 19.6 Å². The maximum absolute atomic E-state index is 13.9. The Morgan fingerprint density at radius 2 is 1.55 bits per heavy atom. The van der Waals surface area contributed by atoms with Crippen LogP contribution >= 0.6 is 0 Å². The van der Waals surface area contributed by atoms with E-state index in [2.05, 4.69) is 4.90 Å². The van der Waals surface area contributed by atoms with Crippen LogP contribution in [0.4, 0.5) is 31.1 Å². The van der Waals surface area contributed by atoms with Crippen molar-refractivity contribution in [2.45, 2.75) is 57.2 Å². The van der Waals surface area contributed by atoms with Crippen molar-refractivity contribution < 1.29 is 35.9 Å². The number of nitrogens with zero attached hydrogens (tertiary/aromatic N) is 4. The minimum atomic E-state index is -4.98. The first kappa shape index (κ1) is 30.2. The SMILES string of the molecule is Cc1ccccc1C1C2CC(CN3CCCC3)C(=O)N2CCN1C(=O)N(C)Cc1cc(C(F)(F)F)cc(C(F)(F)F)c1. The highest BCUT2D eigenvalue weighted by atomic mass is 19.4. The van der Waals surface area contributed by atoms with Gasteiger partial charge in [-0.15, -0.1) is 0 Å². The molecule has 2 aromatic rings. The molecule has 2 aromatic carbocycles. The van der Waals surface area contributed by atoms with Gasteiger partial charge < -0.3 is 19.6 Å². The van der Waals surface area contributed by atoms with Crippen LogP contribution in [0.3, 0.4) is 0 Å². The van der Waals surface area contributed by atoms with Crippen LogP contribution in [0.15, 0.2) is 42.5 Å². The zero-order chi connectivity index (χ0) is 30.4. The van der Waals surface area contributed by atoms with Crippen LogP contribution in [-0.4, -0.2) is 77.4 Å². The lowest BCUT2D eigenvalue weighted by molar-refractivity contribution is -0.143. The molecule has 0 aliphatic carbocycles. The number of aryl methyl sites for hydroxylation is 1. The van der Waals surface area contributed by atoms with Gasteiger partial charge in [-0.3, -0.25) is 4.79 Å². The van der Waals surface area contributed by atoms with Gasteiger partial charge in [-0.05, 0) is 74.2 Å². The summed E-state index contributed by atoms with van der Waals surface area (Å²) in [5.74, 6) is -0.132.